The SMILES string of the molecule is CNC(CN(CC1CC1)CC1CC1)c1ccccc1C. The molecule has 0 aromatic heterocycles. The number of nitrogens with zero attached hydrogens (tertiary/aromatic N) is 1. The van der Waals surface area contributed by atoms with Crippen molar-refractivity contribution in [1.29, 1.82) is 0 Å². The molecule has 20 heavy (non-hydrogen) atoms. The Hall–Kier alpha value is -0.860. The Morgan fingerprint density at radius 1 is 1.10 bits per heavy atom. The van der Waals surface area contributed by atoms with E-state index < -0.39 is 0 Å². The third-order valence-corrected chi connectivity index (χ3v) is 4.78. The van der Waals surface area contributed by atoms with Crippen molar-refractivity contribution in [2.75, 3.05) is 26.7 Å². The fourth-order valence-corrected chi connectivity index (χ4v) is 3.14. The molecule has 2 nitrogen and oxygen atoms in total. The molecule has 0 heterocycles. The van der Waals surface area contributed by atoms with Crippen molar-refractivity contribution in [1.82, 2.24) is 10.2 Å². The zero-order chi connectivity index (χ0) is 13.9. The average molecular weight is 272 g/mol. The summed E-state index contributed by atoms with van der Waals surface area (Å²) in [5.41, 5.74) is 2.87. The van der Waals surface area contributed by atoms with Gasteiger partial charge in [0.1, 0.15) is 0 Å². The van der Waals surface area contributed by atoms with Gasteiger partial charge in [-0.2, -0.15) is 0 Å². The van der Waals surface area contributed by atoms with Crippen LogP contribution in [0.15, 0.2) is 24.3 Å². The number of likely N-dealkylation sites (N-methyl/N-ethyl adjacent to an activating group) is 1. The van der Waals surface area contributed by atoms with Crippen molar-refractivity contribution in [2.45, 2.75) is 38.6 Å². The zero-order valence-corrected chi connectivity index (χ0v) is 12.9. The average Bonchev–Trinajstić information content (AvgIpc) is 3.33. The molecule has 3 rings (SSSR count). The van der Waals surface area contributed by atoms with Crippen LogP contribution in [0.4, 0.5) is 0 Å². The second-order valence-corrected chi connectivity index (χ2v) is 6.80. The fourth-order valence-electron chi connectivity index (χ4n) is 3.14. The highest BCUT2D eigenvalue weighted by Gasteiger charge is 2.30. The van der Waals surface area contributed by atoms with Gasteiger partial charge in [0.15, 0.2) is 0 Å². The van der Waals surface area contributed by atoms with Gasteiger partial charge in [-0.05, 0) is 62.6 Å². The lowest BCUT2D eigenvalue weighted by Gasteiger charge is -2.28. The van der Waals surface area contributed by atoms with Gasteiger partial charge in [0.25, 0.3) is 0 Å². The van der Waals surface area contributed by atoms with E-state index in [1.807, 2.05) is 0 Å². The predicted octanol–water partition coefficient (Wildman–Crippen LogP) is 3.38. The van der Waals surface area contributed by atoms with Crippen molar-refractivity contribution >= 4 is 0 Å². The molecule has 1 unspecified atom stereocenters. The molecule has 110 valence electrons. The summed E-state index contributed by atoms with van der Waals surface area (Å²) in [7, 11) is 2.10. The van der Waals surface area contributed by atoms with Gasteiger partial charge in [-0.1, -0.05) is 24.3 Å². The zero-order valence-electron chi connectivity index (χ0n) is 12.9. The molecule has 0 spiro atoms. The lowest BCUT2D eigenvalue weighted by Crippen LogP contribution is -2.36. The highest BCUT2D eigenvalue weighted by atomic mass is 15.2. The predicted molar refractivity (Wildman–Crippen MR) is 84.9 cm³/mol. The third-order valence-electron chi connectivity index (χ3n) is 4.78. The van der Waals surface area contributed by atoms with E-state index in [4.69, 9.17) is 0 Å². The van der Waals surface area contributed by atoms with Gasteiger partial charge in [0.05, 0.1) is 0 Å². The molecule has 0 amide bonds. The number of rotatable bonds is 8. The first-order valence-electron chi connectivity index (χ1n) is 8.21. The summed E-state index contributed by atoms with van der Waals surface area (Å²) in [6.07, 6.45) is 5.82. The lowest BCUT2D eigenvalue weighted by atomic mass is 10.0. The van der Waals surface area contributed by atoms with Gasteiger partial charge >= 0.3 is 0 Å². The van der Waals surface area contributed by atoms with Crippen LogP contribution in [0.3, 0.4) is 0 Å². The Bertz CT molecular complexity index is 421. The van der Waals surface area contributed by atoms with Crippen LogP contribution in [0.5, 0.6) is 0 Å². The molecule has 0 radical (unpaired) electrons. The number of hydrogen-bond acceptors (Lipinski definition) is 2. The number of aryl methyl sites for hydroxylation is 1. The van der Waals surface area contributed by atoms with E-state index in [2.05, 4.69) is 48.5 Å². The van der Waals surface area contributed by atoms with Gasteiger partial charge in [-0.25, -0.2) is 0 Å². The molecule has 2 heteroatoms. The largest absolute Gasteiger partial charge is 0.312 e. The minimum absolute atomic E-state index is 0.466. The summed E-state index contributed by atoms with van der Waals surface area (Å²) in [4.78, 5) is 2.73. The highest BCUT2D eigenvalue weighted by molar-refractivity contribution is 5.29. The van der Waals surface area contributed by atoms with Crippen LogP contribution in [-0.2, 0) is 0 Å². The van der Waals surface area contributed by atoms with Crippen molar-refractivity contribution in [3.05, 3.63) is 35.4 Å². The minimum Gasteiger partial charge on any atom is -0.312 e. The minimum atomic E-state index is 0.466. The maximum atomic E-state index is 3.54. The molecule has 1 atom stereocenters. The van der Waals surface area contributed by atoms with Gasteiger partial charge in [0.2, 0.25) is 0 Å². The first kappa shape index (κ1) is 14.1. The molecule has 0 bridgehead atoms. The maximum absolute atomic E-state index is 3.54. The summed E-state index contributed by atoms with van der Waals surface area (Å²) in [5, 5.41) is 3.54. The number of hydrogen-bond donors (Lipinski definition) is 1. The van der Waals surface area contributed by atoms with Crippen LogP contribution in [0.1, 0.15) is 42.9 Å². The van der Waals surface area contributed by atoms with Crippen molar-refractivity contribution in [2.24, 2.45) is 11.8 Å². The first-order chi connectivity index (χ1) is 9.76. The topological polar surface area (TPSA) is 15.3 Å². The second-order valence-electron chi connectivity index (χ2n) is 6.80. The van der Waals surface area contributed by atoms with Crippen molar-refractivity contribution in [3.63, 3.8) is 0 Å². The Balaban J connectivity index is 1.65. The van der Waals surface area contributed by atoms with Gasteiger partial charge < -0.3 is 10.2 Å². The molecule has 2 aliphatic rings. The van der Waals surface area contributed by atoms with Crippen molar-refractivity contribution < 1.29 is 0 Å². The third kappa shape index (κ3) is 3.83. The molecular weight excluding hydrogens is 244 g/mol. The molecule has 1 aromatic carbocycles. The van der Waals surface area contributed by atoms with E-state index in [0.717, 1.165) is 18.4 Å². The first-order valence-corrected chi connectivity index (χ1v) is 8.21. The van der Waals surface area contributed by atoms with E-state index in [-0.39, 0.29) is 0 Å². The second kappa shape index (κ2) is 6.28. The monoisotopic (exact) mass is 272 g/mol. The summed E-state index contributed by atoms with van der Waals surface area (Å²) in [6.45, 7) is 6.03. The van der Waals surface area contributed by atoms with E-state index in [1.165, 1.54) is 49.9 Å². The summed E-state index contributed by atoms with van der Waals surface area (Å²) in [5.74, 6) is 1.98. The summed E-state index contributed by atoms with van der Waals surface area (Å²) in [6, 6.07) is 9.28. The molecule has 1 N–H and O–H groups in total. The number of benzene rings is 1. The van der Waals surface area contributed by atoms with E-state index in [1.54, 1.807) is 0 Å². The van der Waals surface area contributed by atoms with Crippen LogP contribution in [-0.4, -0.2) is 31.6 Å². The van der Waals surface area contributed by atoms with Crippen LogP contribution < -0.4 is 5.32 Å². The molecular formula is C18H28N2. The number of nitrogens with one attached hydrogen (secondary N) is 1. The summed E-state index contributed by atoms with van der Waals surface area (Å²) < 4.78 is 0. The fraction of sp³-hybridized carbons (Fsp3) is 0.667. The van der Waals surface area contributed by atoms with Crippen LogP contribution >= 0.6 is 0 Å². The molecule has 2 saturated carbocycles. The summed E-state index contributed by atoms with van der Waals surface area (Å²) >= 11 is 0. The van der Waals surface area contributed by atoms with E-state index in [0.29, 0.717) is 6.04 Å². The Kier molecular flexibility index (Phi) is 4.42. The highest BCUT2D eigenvalue weighted by Crippen LogP contribution is 2.34. The quantitative estimate of drug-likeness (QED) is 0.780. The molecule has 2 aliphatic carbocycles. The molecule has 0 saturated heterocycles. The Labute approximate surface area is 123 Å². The smallest absolute Gasteiger partial charge is 0.0449 e. The van der Waals surface area contributed by atoms with Crippen LogP contribution in [0.25, 0.3) is 0 Å². The van der Waals surface area contributed by atoms with E-state index in [9.17, 15) is 0 Å². The standard InChI is InChI=1S/C18H28N2/c1-14-5-3-4-6-17(14)18(19-2)13-20(11-15-7-8-15)12-16-9-10-16/h3-6,15-16,18-19H,7-13H2,1-2H3. The van der Waals surface area contributed by atoms with E-state index >= 15 is 0 Å². The normalized spacial score (nSPS) is 20.4. The maximum Gasteiger partial charge on any atom is 0.0449 e. The van der Waals surface area contributed by atoms with Crippen LogP contribution in [0.2, 0.25) is 0 Å². The van der Waals surface area contributed by atoms with Gasteiger partial charge in [-0.3, -0.25) is 0 Å². The van der Waals surface area contributed by atoms with Gasteiger partial charge in [-0.15, -0.1) is 0 Å². The van der Waals surface area contributed by atoms with Crippen molar-refractivity contribution in [3.8, 4) is 0 Å². The molecule has 2 fully saturated rings. The Morgan fingerprint density at radius 2 is 1.70 bits per heavy atom. The van der Waals surface area contributed by atoms with Gasteiger partial charge in [0, 0.05) is 25.7 Å². The Morgan fingerprint density at radius 3 is 2.20 bits per heavy atom. The molecule has 1 aromatic rings. The lowest BCUT2D eigenvalue weighted by molar-refractivity contribution is 0.228. The molecule has 0 aliphatic heterocycles. The van der Waals surface area contributed by atoms with Crippen LogP contribution in [0, 0.1) is 18.8 Å².